The molecule has 3 aromatic heterocycles. The number of nitrogens with zero attached hydrogens (tertiary/aromatic N) is 6. The summed E-state index contributed by atoms with van der Waals surface area (Å²) in [4.78, 5) is 0. The zero-order valence-electron chi connectivity index (χ0n) is 30.3. The molecule has 0 fully saturated rings. The molecule has 0 unspecified atom stereocenters. The zero-order valence-corrected chi connectivity index (χ0v) is 30.3. The molecule has 0 saturated heterocycles. The van der Waals surface area contributed by atoms with E-state index in [4.69, 9.17) is 0 Å². The molecule has 0 aliphatic heterocycles. The number of aromatic nitrogens is 3. The summed E-state index contributed by atoms with van der Waals surface area (Å²) in [6.07, 6.45) is 0. The summed E-state index contributed by atoms with van der Waals surface area (Å²) in [7, 11) is 0. The van der Waals surface area contributed by atoms with Crippen molar-refractivity contribution in [3.63, 3.8) is 0 Å². The van der Waals surface area contributed by atoms with Crippen molar-refractivity contribution >= 4 is 65.4 Å². The van der Waals surface area contributed by atoms with Crippen molar-refractivity contribution < 1.29 is 0 Å². The van der Waals surface area contributed by atoms with E-state index in [9.17, 15) is 15.8 Å². The Morgan fingerprint density at radius 2 is 0.807 bits per heavy atom. The van der Waals surface area contributed by atoms with Crippen LogP contribution in [-0.2, 0) is 0 Å². The van der Waals surface area contributed by atoms with Gasteiger partial charge in [0.05, 0.1) is 67.6 Å². The first kappa shape index (κ1) is 32.1. The third-order valence-electron chi connectivity index (χ3n) is 11.3. The van der Waals surface area contributed by atoms with Crippen LogP contribution < -0.4 is 0 Å². The Hall–Kier alpha value is -8.37. The van der Waals surface area contributed by atoms with Gasteiger partial charge in [-0.25, -0.2) is 0 Å². The highest BCUT2D eigenvalue weighted by Crippen LogP contribution is 2.39. The first-order chi connectivity index (χ1) is 28.1. The van der Waals surface area contributed by atoms with Crippen molar-refractivity contribution in [2.75, 3.05) is 0 Å². The van der Waals surface area contributed by atoms with Crippen molar-refractivity contribution in [2.24, 2.45) is 0 Å². The number of nitriles is 3. The van der Waals surface area contributed by atoms with E-state index in [0.29, 0.717) is 16.7 Å². The lowest BCUT2D eigenvalue weighted by molar-refractivity contribution is 1.16. The van der Waals surface area contributed by atoms with Crippen LogP contribution >= 0.6 is 0 Å². The standard InChI is InChI=1S/C51H28N6/c52-29-32-14-22-50-43(25-32)41-9-3-6-12-48(41)57(50)45-23-17-35(27-36(45)31-54)34-15-18-37(19-16-34)55-49-24-20-38(28-44(49)42-21-13-33(30-53)26-51(42)55)56-46-10-4-1-7-39(46)40-8-2-5-11-47(40)56/h1-28H. The van der Waals surface area contributed by atoms with Gasteiger partial charge < -0.3 is 13.7 Å². The molecule has 0 spiro atoms. The number of hydrogen-bond acceptors (Lipinski definition) is 3. The van der Waals surface area contributed by atoms with Gasteiger partial charge in [0.2, 0.25) is 0 Å². The Morgan fingerprint density at radius 1 is 0.316 bits per heavy atom. The van der Waals surface area contributed by atoms with Gasteiger partial charge >= 0.3 is 0 Å². The highest BCUT2D eigenvalue weighted by atomic mass is 15.0. The van der Waals surface area contributed by atoms with Crippen LogP contribution in [-0.4, -0.2) is 13.7 Å². The Labute approximate surface area is 326 Å². The fraction of sp³-hybridized carbons (Fsp3) is 0. The maximum Gasteiger partial charge on any atom is 0.101 e. The molecule has 6 nitrogen and oxygen atoms in total. The average molecular weight is 725 g/mol. The molecule has 11 aromatic rings. The predicted molar refractivity (Wildman–Crippen MR) is 229 cm³/mol. The largest absolute Gasteiger partial charge is 0.309 e. The van der Waals surface area contributed by atoms with Crippen molar-refractivity contribution in [3.8, 4) is 46.4 Å². The summed E-state index contributed by atoms with van der Waals surface area (Å²) in [5, 5.41) is 36.6. The molecule has 8 aromatic carbocycles. The van der Waals surface area contributed by atoms with Crippen LogP contribution in [0.5, 0.6) is 0 Å². The number of para-hydroxylation sites is 3. The van der Waals surface area contributed by atoms with E-state index in [2.05, 4.69) is 147 Å². The fourth-order valence-corrected chi connectivity index (χ4v) is 8.80. The molecule has 262 valence electrons. The summed E-state index contributed by atoms with van der Waals surface area (Å²) < 4.78 is 6.68. The Morgan fingerprint density at radius 3 is 1.49 bits per heavy atom. The minimum Gasteiger partial charge on any atom is -0.309 e. The maximum atomic E-state index is 10.5. The fourth-order valence-electron chi connectivity index (χ4n) is 8.80. The topological polar surface area (TPSA) is 86.2 Å². The van der Waals surface area contributed by atoms with E-state index in [0.717, 1.165) is 82.8 Å². The van der Waals surface area contributed by atoms with Gasteiger partial charge in [0.25, 0.3) is 0 Å². The smallest absolute Gasteiger partial charge is 0.101 e. The molecule has 0 saturated carbocycles. The van der Waals surface area contributed by atoms with Crippen LogP contribution in [0, 0.1) is 34.0 Å². The van der Waals surface area contributed by atoms with Crippen LogP contribution in [0.25, 0.3) is 93.6 Å². The monoisotopic (exact) mass is 724 g/mol. The Balaban J connectivity index is 1.03. The number of fused-ring (bicyclic) bond motifs is 9. The average Bonchev–Trinajstić information content (AvgIpc) is 3.91. The summed E-state index contributed by atoms with van der Waals surface area (Å²) in [6, 6.07) is 64.9. The van der Waals surface area contributed by atoms with Crippen molar-refractivity contribution in [2.45, 2.75) is 0 Å². The second-order valence-electron chi connectivity index (χ2n) is 14.3. The summed E-state index contributed by atoms with van der Waals surface area (Å²) in [5.41, 5.74) is 12.7. The first-order valence-electron chi connectivity index (χ1n) is 18.7. The van der Waals surface area contributed by atoms with Crippen molar-refractivity contribution in [1.29, 1.82) is 15.8 Å². The van der Waals surface area contributed by atoms with Gasteiger partial charge in [-0.05, 0) is 102 Å². The van der Waals surface area contributed by atoms with Gasteiger partial charge in [-0.3, -0.25) is 0 Å². The highest BCUT2D eigenvalue weighted by molar-refractivity contribution is 6.13. The number of hydrogen-bond donors (Lipinski definition) is 0. The van der Waals surface area contributed by atoms with Crippen LogP contribution in [0.2, 0.25) is 0 Å². The molecule has 11 rings (SSSR count). The molecule has 6 heteroatoms. The molecular formula is C51H28N6. The summed E-state index contributed by atoms with van der Waals surface area (Å²) in [6.45, 7) is 0. The lowest BCUT2D eigenvalue weighted by Gasteiger charge is -2.13. The van der Waals surface area contributed by atoms with Crippen LogP contribution in [0.1, 0.15) is 16.7 Å². The molecule has 0 aliphatic rings. The summed E-state index contributed by atoms with van der Waals surface area (Å²) >= 11 is 0. The molecule has 0 atom stereocenters. The van der Waals surface area contributed by atoms with Crippen molar-refractivity contribution in [1.82, 2.24) is 13.7 Å². The maximum absolute atomic E-state index is 10.5. The highest BCUT2D eigenvalue weighted by Gasteiger charge is 2.19. The van der Waals surface area contributed by atoms with Crippen LogP contribution in [0.4, 0.5) is 0 Å². The second kappa shape index (κ2) is 12.3. The molecule has 0 N–H and O–H groups in total. The quantitative estimate of drug-likeness (QED) is 0.181. The van der Waals surface area contributed by atoms with Gasteiger partial charge in [-0.1, -0.05) is 78.9 Å². The minimum absolute atomic E-state index is 0.550. The third kappa shape index (κ3) is 4.74. The number of benzene rings is 8. The van der Waals surface area contributed by atoms with E-state index < -0.39 is 0 Å². The first-order valence-corrected chi connectivity index (χ1v) is 18.7. The van der Waals surface area contributed by atoms with Crippen LogP contribution in [0.3, 0.4) is 0 Å². The van der Waals surface area contributed by atoms with E-state index in [1.165, 1.54) is 10.8 Å². The Kier molecular flexibility index (Phi) is 6.95. The van der Waals surface area contributed by atoms with E-state index in [1.807, 2.05) is 54.6 Å². The summed E-state index contributed by atoms with van der Waals surface area (Å²) in [5.74, 6) is 0. The van der Waals surface area contributed by atoms with Crippen molar-refractivity contribution in [3.05, 3.63) is 187 Å². The zero-order chi connectivity index (χ0) is 38.2. The molecule has 0 aliphatic carbocycles. The molecule has 0 radical (unpaired) electrons. The van der Waals surface area contributed by atoms with Gasteiger partial charge in [-0.2, -0.15) is 15.8 Å². The molecular weight excluding hydrogens is 697 g/mol. The van der Waals surface area contributed by atoms with Crippen LogP contribution in [0.15, 0.2) is 170 Å². The van der Waals surface area contributed by atoms with E-state index >= 15 is 0 Å². The molecule has 3 heterocycles. The molecule has 57 heavy (non-hydrogen) atoms. The van der Waals surface area contributed by atoms with E-state index in [1.54, 1.807) is 0 Å². The minimum atomic E-state index is 0.550. The molecule has 0 bridgehead atoms. The van der Waals surface area contributed by atoms with Gasteiger partial charge in [0.15, 0.2) is 0 Å². The third-order valence-corrected chi connectivity index (χ3v) is 11.3. The second-order valence-corrected chi connectivity index (χ2v) is 14.3. The predicted octanol–water partition coefficient (Wildman–Crippen LogP) is 12.3. The van der Waals surface area contributed by atoms with E-state index in [-0.39, 0.29) is 0 Å². The normalized spacial score (nSPS) is 11.5. The SMILES string of the molecule is N#Cc1ccc2c(c1)c1ccccc1n2-c1ccc(-c2ccc(-n3c4ccc(-n5c6ccccc6c6ccccc65)cc4c4ccc(C#N)cc43)cc2)cc1C#N. The lowest BCUT2D eigenvalue weighted by atomic mass is 10.0. The number of rotatable bonds is 4. The lowest BCUT2D eigenvalue weighted by Crippen LogP contribution is -1.98. The van der Waals surface area contributed by atoms with Gasteiger partial charge in [0, 0.05) is 43.7 Å². The Bertz CT molecular complexity index is 3560. The van der Waals surface area contributed by atoms with Gasteiger partial charge in [0.1, 0.15) is 6.07 Å². The molecule has 0 amide bonds. The van der Waals surface area contributed by atoms with Gasteiger partial charge in [-0.15, -0.1) is 0 Å².